The zero-order valence-electron chi connectivity index (χ0n) is 17.0. The van der Waals surface area contributed by atoms with E-state index in [1.807, 2.05) is 33.9 Å². The summed E-state index contributed by atoms with van der Waals surface area (Å²) in [5.74, 6) is 1.47. The minimum atomic E-state index is -0.794. The Balaban J connectivity index is 1.41. The van der Waals surface area contributed by atoms with Gasteiger partial charge in [0.15, 0.2) is 0 Å². The fourth-order valence-electron chi connectivity index (χ4n) is 4.46. The lowest BCUT2D eigenvalue weighted by Gasteiger charge is -2.38. The van der Waals surface area contributed by atoms with E-state index in [2.05, 4.69) is 10.3 Å². The molecule has 1 atom stereocenters. The van der Waals surface area contributed by atoms with E-state index in [1.54, 1.807) is 19.6 Å². The van der Waals surface area contributed by atoms with Crippen molar-refractivity contribution in [3.05, 3.63) is 48.0 Å². The van der Waals surface area contributed by atoms with E-state index in [1.165, 1.54) is 0 Å². The Morgan fingerprint density at radius 3 is 2.86 bits per heavy atom. The van der Waals surface area contributed by atoms with Crippen LogP contribution in [0.15, 0.2) is 36.9 Å². The Kier molecular flexibility index (Phi) is 5.87. The summed E-state index contributed by atoms with van der Waals surface area (Å²) < 4.78 is 7.42. The first-order valence-electron chi connectivity index (χ1n) is 10.4. The highest BCUT2D eigenvalue weighted by atomic mass is 16.5. The van der Waals surface area contributed by atoms with Gasteiger partial charge in [-0.2, -0.15) is 0 Å². The van der Waals surface area contributed by atoms with E-state index in [-0.39, 0.29) is 5.91 Å². The number of imidazole rings is 1. The monoisotopic (exact) mass is 398 g/mol. The lowest BCUT2D eigenvalue weighted by Crippen LogP contribution is -2.48. The Bertz CT molecular complexity index is 823. The van der Waals surface area contributed by atoms with Gasteiger partial charge < -0.3 is 24.6 Å². The highest BCUT2D eigenvalue weighted by Gasteiger charge is 2.34. The summed E-state index contributed by atoms with van der Waals surface area (Å²) in [6, 6.07) is 5.75. The summed E-state index contributed by atoms with van der Waals surface area (Å²) in [6.45, 7) is 3.69. The predicted octanol–water partition coefficient (Wildman–Crippen LogP) is 1.71. The zero-order chi connectivity index (χ0) is 20.3. The van der Waals surface area contributed by atoms with E-state index >= 15 is 0 Å². The summed E-state index contributed by atoms with van der Waals surface area (Å²) >= 11 is 0. The van der Waals surface area contributed by atoms with Crippen molar-refractivity contribution in [1.82, 2.24) is 19.8 Å². The lowest BCUT2D eigenvalue weighted by molar-refractivity contribution is -0.0292. The van der Waals surface area contributed by atoms with Gasteiger partial charge in [0.05, 0.1) is 25.6 Å². The first-order valence-corrected chi connectivity index (χ1v) is 10.4. The van der Waals surface area contributed by atoms with E-state index < -0.39 is 5.60 Å². The van der Waals surface area contributed by atoms with Crippen LogP contribution in [-0.2, 0) is 13.0 Å². The molecule has 2 saturated heterocycles. The van der Waals surface area contributed by atoms with Crippen molar-refractivity contribution in [2.24, 2.45) is 5.92 Å². The van der Waals surface area contributed by atoms with Gasteiger partial charge >= 0.3 is 0 Å². The fraction of sp³-hybridized carbons (Fsp3) is 0.545. The number of carbonyl (C=O) groups excluding carboxylic acids is 1. The number of aliphatic hydroxyl groups is 1. The molecule has 0 aliphatic carbocycles. The maximum atomic E-state index is 13.1. The standard InChI is InChI=1S/C22H30N4O3/c1-29-20-3-2-18(13-19(20)12-17-4-7-23-14-17)21(27)26-9-5-22(28,6-10-26)15-25-11-8-24-16-25/h2-3,8,11,13,16-17,23,28H,4-7,9-10,12,14-15H2,1H3. The third-order valence-corrected chi connectivity index (χ3v) is 6.22. The highest BCUT2D eigenvalue weighted by molar-refractivity contribution is 5.94. The number of hydrogen-bond acceptors (Lipinski definition) is 5. The molecule has 0 saturated carbocycles. The number of nitrogens with zero attached hydrogens (tertiary/aromatic N) is 3. The van der Waals surface area contributed by atoms with Crippen LogP contribution in [0.3, 0.4) is 0 Å². The Morgan fingerprint density at radius 2 is 2.21 bits per heavy atom. The number of amides is 1. The third-order valence-electron chi connectivity index (χ3n) is 6.22. The molecule has 2 N–H and O–H groups in total. The number of aromatic nitrogens is 2. The molecule has 4 rings (SSSR count). The Hall–Kier alpha value is -2.38. The predicted molar refractivity (Wildman–Crippen MR) is 110 cm³/mol. The van der Waals surface area contributed by atoms with Crippen molar-refractivity contribution in [3.8, 4) is 5.75 Å². The second kappa shape index (κ2) is 8.55. The topological polar surface area (TPSA) is 79.6 Å². The van der Waals surface area contributed by atoms with E-state index in [9.17, 15) is 9.90 Å². The molecule has 2 aliphatic heterocycles. The minimum Gasteiger partial charge on any atom is -0.496 e. The molecular formula is C22H30N4O3. The molecule has 2 aliphatic rings. The number of methoxy groups -OCH3 is 1. The van der Waals surface area contributed by atoms with Gasteiger partial charge in [-0.15, -0.1) is 0 Å². The molecule has 2 fully saturated rings. The fourth-order valence-corrected chi connectivity index (χ4v) is 4.46. The number of rotatable bonds is 6. The molecule has 1 aromatic heterocycles. The molecule has 0 radical (unpaired) electrons. The number of nitrogens with one attached hydrogen (secondary N) is 1. The largest absolute Gasteiger partial charge is 0.496 e. The molecular weight excluding hydrogens is 368 g/mol. The second-order valence-corrected chi connectivity index (χ2v) is 8.34. The minimum absolute atomic E-state index is 0.0307. The van der Waals surface area contributed by atoms with Crippen molar-refractivity contribution in [2.75, 3.05) is 33.3 Å². The molecule has 0 bridgehead atoms. The highest BCUT2D eigenvalue weighted by Crippen LogP contribution is 2.28. The number of likely N-dealkylation sites (tertiary alicyclic amines) is 1. The van der Waals surface area contributed by atoms with Gasteiger partial charge in [-0.05, 0) is 68.5 Å². The number of hydrogen-bond donors (Lipinski definition) is 2. The number of benzene rings is 1. The zero-order valence-corrected chi connectivity index (χ0v) is 17.0. The van der Waals surface area contributed by atoms with Crippen molar-refractivity contribution >= 4 is 5.91 Å². The number of carbonyl (C=O) groups is 1. The van der Waals surface area contributed by atoms with Gasteiger partial charge in [-0.3, -0.25) is 4.79 Å². The molecule has 2 aromatic rings. The molecule has 1 aromatic carbocycles. The smallest absolute Gasteiger partial charge is 0.253 e. The molecule has 0 spiro atoms. The first-order chi connectivity index (χ1) is 14.1. The van der Waals surface area contributed by atoms with Crippen LogP contribution in [0, 0.1) is 5.92 Å². The van der Waals surface area contributed by atoms with Crippen LogP contribution in [-0.4, -0.2) is 64.4 Å². The third kappa shape index (κ3) is 4.62. The summed E-state index contributed by atoms with van der Waals surface area (Å²) in [5.41, 5.74) is 1.00. The quantitative estimate of drug-likeness (QED) is 0.775. The Morgan fingerprint density at radius 1 is 1.38 bits per heavy atom. The maximum Gasteiger partial charge on any atom is 0.253 e. The molecule has 1 amide bonds. The summed E-state index contributed by atoms with van der Waals surface area (Å²) in [4.78, 5) is 19.0. The average Bonchev–Trinajstić information content (AvgIpc) is 3.42. The van der Waals surface area contributed by atoms with Crippen LogP contribution in [0.1, 0.15) is 35.2 Å². The Labute approximate surface area is 171 Å². The molecule has 3 heterocycles. The van der Waals surface area contributed by atoms with Gasteiger partial charge in [0.2, 0.25) is 0 Å². The van der Waals surface area contributed by atoms with Crippen molar-refractivity contribution in [3.63, 3.8) is 0 Å². The van der Waals surface area contributed by atoms with Gasteiger partial charge in [-0.1, -0.05) is 0 Å². The van der Waals surface area contributed by atoms with Crippen LogP contribution < -0.4 is 10.1 Å². The van der Waals surface area contributed by atoms with Gasteiger partial charge in [-0.25, -0.2) is 4.98 Å². The van der Waals surface area contributed by atoms with Gasteiger partial charge in [0, 0.05) is 31.0 Å². The van der Waals surface area contributed by atoms with Crippen LogP contribution in [0.25, 0.3) is 0 Å². The molecule has 7 nitrogen and oxygen atoms in total. The molecule has 156 valence electrons. The van der Waals surface area contributed by atoms with Crippen LogP contribution in [0.4, 0.5) is 0 Å². The van der Waals surface area contributed by atoms with Crippen LogP contribution in [0.2, 0.25) is 0 Å². The van der Waals surface area contributed by atoms with Crippen LogP contribution in [0.5, 0.6) is 5.75 Å². The summed E-state index contributed by atoms with van der Waals surface area (Å²) in [6.07, 6.45) is 8.49. The molecule has 1 unspecified atom stereocenters. The summed E-state index contributed by atoms with van der Waals surface area (Å²) in [7, 11) is 1.68. The average molecular weight is 399 g/mol. The second-order valence-electron chi connectivity index (χ2n) is 8.34. The van der Waals surface area contributed by atoms with Crippen molar-refractivity contribution in [2.45, 2.75) is 37.8 Å². The number of piperidine rings is 1. The SMILES string of the molecule is COc1ccc(C(=O)N2CCC(O)(Cn3ccnc3)CC2)cc1CC1CCNC1. The first kappa shape index (κ1) is 19.9. The maximum absolute atomic E-state index is 13.1. The molecule has 29 heavy (non-hydrogen) atoms. The lowest BCUT2D eigenvalue weighted by atomic mass is 9.90. The van der Waals surface area contributed by atoms with Gasteiger partial charge in [0.25, 0.3) is 5.91 Å². The van der Waals surface area contributed by atoms with E-state index in [0.29, 0.717) is 44.0 Å². The van der Waals surface area contributed by atoms with Crippen molar-refractivity contribution in [1.29, 1.82) is 0 Å². The van der Waals surface area contributed by atoms with Crippen molar-refractivity contribution < 1.29 is 14.6 Å². The van der Waals surface area contributed by atoms with E-state index in [4.69, 9.17) is 4.74 Å². The summed E-state index contributed by atoms with van der Waals surface area (Å²) in [5, 5.41) is 14.3. The normalized spacial score (nSPS) is 21.3. The van der Waals surface area contributed by atoms with Crippen LogP contribution >= 0.6 is 0 Å². The molecule has 7 heteroatoms. The van der Waals surface area contributed by atoms with Gasteiger partial charge in [0.1, 0.15) is 5.75 Å². The van der Waals surface area contributed by atoms with E-state index in [0.717, 1.165) is 37.2 Å². The number of ether oxygens (including phenoxy) is 1.